The highest BCUT2D eigenvalue weighted by Gasteiger charge is 2.25. The molecule has 0 fully saturated rings. The lowest BCUT2D eigenvalue weighted by Gasteiger charge is -2.20. The molecule has 9 heteroatoms. The van der Waals surface area contributed by atoms with Crippen molar-refractivity contribution in [2.24, 2.45) is 0 Å². The largest absolute Gasteiger partial charge is 0.493 e. The molecule has 0 radical (unpaired) electrons. The van der Waals surface area contributed by atoms with Crippen LogP contribution in [-0.2, 0) is 12.8 Å². The smallest absolute Gasteiger partial charge is 0.204 e. The second kappa shape index (κ2) is 20.2. The maximum atomic E-state index is 14.7. The van der Waals surface area contributed by atoms with E-state index in [1.54, 1.807) is 7.11 Å². The Labute approximate surface area is 309 Å². The van der Waals surface area contributed by atoms with Gasteiger partial charge in [-0.15, -0.1) is 0 Å². The van der Waals surface area contributed by atoms with Crippen LogP contribution in [0.15, 0.2) is 44.6 Å². The van der Waals surface area contributed by atoms with Crippen LogP contribution >= 0.6 is 67.8 Å². The first-order chi connectivity index (χ1) is 21.8. The number of benzene rings is 2. The van der Waals surface area contributed by atoms with Gasteiger partial charge in [0.1, 0.15) is 28.1 Å². The van der Waals surface area contributed by atoms with Crippen molar-refractivity contribution in [1.82, 2.24) is 0 Å². The molecule has 0 spiro atoms. The minimum Gasteiger partial charge on any atom is -0.493 e. The van der Waals surface area contributed by atoms with Gasteiger partial charge in [0.15, 0.2) is 11.5 Å². The first kappa shape index (κ1) is 38.2. The van der Waals surface area contributed by atoms with Crippen molar-refractivity contribution in [3.63, 3.8) is 0 Å². The summed E-state index contributed by atoms with van der Waals surface area (Å²) in [6.45, 7) is 9.91. The van der Waals surface area contributed by atoms with E-state index in [0.717, 1.165) is 68.5 Å². The van der Waals surface area contributed by atoms with E-state index in [2.05, 4.69) is 108 Å². The predicted octanol–water partition coefficient (Wildman–Crippen LogP) is 10.8. The normalized spacial score (nSPS) is 11.1. The van der Waals surface area contributed by atoms with Gasteiger partial charge in [-0.1, -0.05) is 91.1 Å². The molecule has 248 valence electrons. The summed E-state index contributed by atoms with van der Waals surface area (Å²) in [6.07, 6.45) is 11.3. The molecule has 0 amide bonds. The number of rotatable bonds is 20. The lowest BCUT2D eigenvalue weighted by atomic mass is 9.98. The fourth-order valence-electron chi connectivity index (χ4n) is 4.94. The topological polar surface area (TPSA) is 67.1 Å². The van der Waals surface area contributed by atoms with E-state index in [1.807, 2.05) is 12.1 Å². The summed E-state index contributed by atoms with van der Waals surface area (Å²) in [6, 6.07) is 3.69. The molecule has 3 aromatic rings. The fourth-order valence-corrected chi connectivity index (χ4v) is 6.55. The number of unbranched alkanes of at least 4 members (excludes halogenated alkanes) is 3. The van der Waals surface area contributed by atoms with Crippen LogP contribution < -0.4 is 24.4 Å². The van der Waals surface area contributed by atoms with Crippen molar-refractivity contribution in [2.45, 2.75) is 79.1 Å². The molecule has 0 aliphatic heterocycles. The van der Waals surface area contributed by atoms with Crippen LogP contribution in [-0.4, -0.2) is 40.2 Å². The van der Waals surface area contributed by atoms with Gasteiger partial charge >= 0.3 is 0 Å². The van der Waals surface area contributed by atoms with Gasteiger partial charge in [-0.3, -0.25) is 4.79 Å². The van der Waals surface area contributed by atoms with E-state index in [4.69, 9.17) is 23.4 Å². The summed E-state index contributed by atoms with van der Waals surface area (Å²) in [7, 11) is 1.63. The maximum Gasteiger partial charge on any atom is 0.204 e. The van der Waals surface area contributed by atoms with Gasteiger partial charge in [0.2, 0.25) is 5.43 Å². The third-order valence-corrected chi connectivity index (χ3v) is 9.56. The average molecular weight is 956 g/mol. The number of fused-ring (bicyclic) bond motifs is 2. The summed E-state index contributed by atoms with van der Waals surface area (Å²) >= 11 is 7.16. The molecule has 0 aliphatic carbocycles. The van der Waals surface area contributed by atoms with Crippen molar-refractivity contribution in [2.75, 3.05) is 40.2 Å². The summed E-state index contributed by atoms with van der Waals surface area (Å²) in [5.74, 6) is 2.42. The highest BCUT2D eigenvalue weighted by Crippen LogP contribution is 2.42. The number of ether oxygens (including phenoxy) is 4. The Hall–Kier alpha value is -1.22. The molecule has 0 unspecified atom stereocenters. The Balaban J connectivity index is 2.39. The highest BCUT2D eigenvalue weighted by molar-refractivity contribution is 14.1. The molecule has 0 N–H and O–H groups in total. The Kier molecular flexibility index (Phi) is 17.2. The molecular weight excluding hydrogens is 909 g/mol. The van der Waals surface area contributed by atoms with Crippen LogP contribution in [0, 0.1) is 0 Å². The van der Waals surface area contributed by atoms with E-state index in [9.17, 15) is 4.79 Å². The molecule has 1 heterocycles. The van der Waals surface area contributed by atoms with Gasteiger partial charge in [0, 0.05) is 23.3 Å². The summed E-state index contributed by atoms with van der Waals surface area (Å²) < 4.78 is 34.9. The summed E-state index contributed by atoms with van der Waals surface area (Å²) in [5.41, 5.74) is 4.78. The minimum absolute atomic E-state index is 0.128. The number of hydrogen-bond donors (Lipinski definition) is 0. The average Bonchev–Trinajstić information content (AvgIpc) is 3.01. The van der Waals surface area contributed by atoms with Crippen molar-refractivity contribution in [3.8, 4) is 23.0 Å². The Morgan fingerprint density at radius 1 is 0.667 bits per heavy atom. The SMILES string of the molecule is COc1c(OCCCCI)cc2oc3cc(OCCCCI)c(CC=C(C)C)c(OCCCCI)c3c(=O)c2c1CC=C(C)C. The lowest BCUT2D eigenvalue weighted by molar-refractivity contribution is 0.288. The molecule has 0 saturated heterocycles. The molecule has 2 aromatic carbocycles. The number of hydrogen-bond acceptors (Lipinski definition) is 6. The molecule has 3 rings (SSSR count). The van der Waals surface area contributed by atoms with Gasteiger partial charge in [-0.05, 0) is 92.3 Å². The molecular formula is C36H47I3O6. The molecule has 0 saturated carbocycles. The zero-order valence-electron chi connectivity index (χ0n) is 27.3. The molecule has 1 aromatic heterocycles. The van der Waals surface area contributed by atoms with E-state index in [0.29, 0.717) is 77.6 Å². The molecule has 45 heavy (non-hydrogen) atoms. The number of allylic oxidation sites excluding steroid dienone is 4. The minimum atomic E-state index is -0.128. The van der Waals surface area contributed by atoms with Gasteiger partial charge in [-0.25, -0.2) is 0 Å². The standard InChI is InChI=1S/C36H47I3O6/c1-24(2)12-14-26-28(42-19-9-6-16-37)22-30-33(36(26)44-21-11-8-18-39)34(40)32-27(15-13-25(3)4)35(41-5)31(23-29(32)45-30)43-20-10-7-17-38/h12-13,22-23H,6-11,14-21H2,1-5H3. The van der Waals surface area contributed by atoms with Crippen molar-refractivity contribution >= 4 is 89.7 Å². The second-order valence-corrected chi connectivity index (χ2v) is 14.7. The lowest BCUT2D eigenvalue weighted by Crippen LogP contribution is -2.13. The summed E-state index contributed by atoms with van der Waals surface area (Å²) in [4.78, 5) is 14.7. The third-order valence-electron chi connectivity index (χ3n) is 7.27. The highest BCUT2D eigenvalue weighted by atomic mass is 127. The van der Waals surface area contributed by atoms with Crippen LogP contribution in [0.2, 0.25) is 0 Å². The van der Waals surface area contributed by atoms with E-state index < -0.39 is 0 Å². The zero-order valence-corrected chi connectivity index (χ0v) is 33.8. The third kappa shape index (κ3) is 10.9. The van der Waals surface area contributed by atoms with E-state index in [-0.39, 0.29) is 5.43 Å². The van der Waals surface area contributed by atoms with Crippen LogP contribution in [0.4, 0.5) is 0 Å². The van der Waals surface area contributed by atoms with Crippen molar-refractivity contribution in [1.29, 1.82) is 0 Å². The van der Waals surface area contributed by atoms with Crippen LogP contribution in [0.5, 0.6) is 23.0 Å². The quantitative estimate of drug-likeness (QED) is 0.0370. The van der Waals surface area contributed by atoms with Gasteiger partial charge < -0.3 is 23.4 Å². The van der Waals surface area contributed by atoms with Crippen molar-refractivity contribution in [3.05, 3.63) is 56.8 Å². The predicted molar refractivity (Wildman–Crippen MR) is 214 cm³/mol. The summed E-state index contributed by atoms with van der Waals surface area (Å²) in [5, 5.41) is 0.947. The monoisotopic (exact) mass is 956 g/mol. The van der Waals surface area contributed by atoms with Crippen LogP contribution in [0.25, 0.3) is 21.9 Å². The van der Waals surface area contributed by atoms with E-state index >= 15 is 0 Å². The van der Waals surface area contributed by atoms with Crippen LogP contribution in [0.1, 0.15) is 77.3 Å². The Morgan fingerprint density at radius 3 is 1.69 bits per heavy atom. The Morgan fingerprint density at radius 2 is 1.16 bits per heavy atom. The fraction of sp³-hybridized carbons (Fsp3) is 0.528. The van der Waals surface area contributed by atoms with Gasteiger partial charge in [0.05, 0.1) is 32.3 Å². The first-order valence-corrected chi connectivity index (χ1v) is 20.3. The molecule has 0 bridgehead atoms. The molecule has 6 nitrogen and oxygen atoms in total. The van der Waals surface area contributed by atoms with E-state index in [1.165, 1.54) is 5.57 Å². The number of halogens is 3. The number of alkyl halides is 3. The Bertz CT molecular complexity index is 1520. The van der Waals surface area contributed by atoms with Gasteiger partial charge in [0.25, 0.3) is 0 Å². The first-order valence-electron chi connectivity index (χ1n) is 15.8. The maximum absolute atomic E-state index is 14.7. The van der Waals surface area contributed by atoms with Crippen LogP contribution in [0.3, 0.4) is 0 Å². The molecule has 0 atom stereocenters. The van der Waals surface area contributed by atoms with Crippen molar-refractivity contribution < 1.29 is 23.4 Å². The molecule has 0 aliphatic rings. The number of methoxy groups -OCH3 is 1. The second-order valence-electron chi connectivity index (χ2n) is 11.5. The zero-order chi connectivity index (χ0) is 32.8. The van der Waals surface area contributed by atoms with Gasteiger partial charge in [-0.2, -0.15) is 0 Å².